The molecule has 2 unspecified atom stereocenters. The number of carbonyl (C=O) groups excluding carboxylic acids is 3. The highest BCUT2D eigenvalue weighted by Gasteiger charge is 2.44. The molecule has 10 nitrogen and oxygen atoms in total. The number of hydrogen-bond acceptors (Lipinski definition) is 6. The summed E-state index contributed by atoms with van der Waals surface area (Å²) in [6.45, 7) is 0.177. The van der Waals surface area contributed by atoms with E-state index in [-0.39, 0.29) is 43.3 Å². The summed E-state index contributed by atoms with van der Waals surface area (Å²) in [7, 11) is 0. The van der Waals surface area contributed by atoms with Gasteiger partial charge in [0, 0.05) is 30.3 Å². The molecule has 206 valence electrons. The van der Waals surface area contributed by atoms with E-state index in [4.69, 9.17) is 9.47 Å². The van der Waals surface area contributed by atoms with Crippen LogP contribution in [0, 0.1) is 11.7 Å². The van der Waals surface area contributed by atoms with Gasteiger partial charge in [0.15, 0.2) is 17.7 Å². The average molecular weight is 540 g/mol. The number of nitrogens with one attached hydrogen (secondary N) is 1. The van der Waals surface area contributed by atoms with Gasteiger partial charge in [-0.3, -0.25) is 19.2 Å². The molecule has 11 heteroatoms. The Morgan fingerprint density at radius 2 is 1.51 bits per heavy atom. The van der Waals surface area contributed by atoms with E-state index in [2.05, 4.69) is 5.32 Å². The van der Waals surface area contributed by atoms with Gasteiger partial charge in [-0.1, -0.05) is 19.3 Å². The van der Waals surface area contributed by atoms with E-state index >= 15 is 0 Å². The Bertz CT molecular complexity index is 1260. The molecular weight excluding hydrogens is 509 g/mol. The molecule has 5 rings (SSSR count). The van der Waals surface area contributed by atoms with Crippen molar-refractivity contribution in [2.24, 2.45) is 5.92 Å². The second-order valence-electron chi connectivity index (χ2n) is 10.1. The zero-order valence-electron chi connectivity index (χ0n) is 21.3. The van der Waals surface area contributed by atoms with E-state index < -0.39 is 41.7 Å². The molecule has 2 aliphatic heterocycles. The Hall–Kier alpha value is -4.15. The highest BCUT2D eigenvalue weighted by molar-refractivity contribution is 6.02. The van der Waals surface area contributed by atoms with Crippen LogP contribution in [0.4, 0.5) is 4.39 Å². The van der Waals surface area contributed by atoms with Crippen molar-refractivity contribution in [3.63, 3.8) is 0 Å². The number of nitrogens with zero attached hydrogens (tertiary/aromatic N) is 2. The fourth-order valence-electron chi connectivity index (χ4n) is 5.61. The molecule has 1 saturated heterocycles. The van der Waals surface area contributed by atoms with Gasteiger partial charge in [0.25, 0.3) is 17.7 Å². The minimum absolute atomic E-state index is 0.0144. The third kappa shape index (κ3) is 5.67. The number of amides is 3. The summed E-state index contributed by atoms with van der Waals surface area (Å²) in [5, 5.41) is 12.4. The third-order valence-electron chi connectivity index (χ3n) is 7.58. The Morgan fingerprint density at radius 3 is 2.18 bits per heavy atom. The molecule has 2 aromatic carbocycles. The van der Waals surface area contributed by atoms with Crippen molar-refractivity contribution in [3.05, 3.63) is 59.4 Å². The Labute approximate surface area is 224 Å². The predicted molar refractivity (Wildman–Crippen MR) is 136 cm³/mol. The second-order valence-corrected chi connectivity index (χ2v) is 10.1. The van der Waals surface area contributed by atoms with E-state index in [0.29, 0.717) is 11.5 Å². The van der Waals surface area contributed by atoms with Crippen LogP contribution in [0.1, 0.15) is 59.2 Å². The van der Waals surface area contributed by atoms with Gasteiger partial charge in [0.1, 0.15) is 5.82 Å². The molecule has 2 fully saturated rings. The number of carboxylic acid groups (broad SMARTS) is 1. The van der Waals surface area contributed by atoms with Gasteiger partial charge in [-0.15, -0.1) is 0 Å². The normalized spacial score (nSPS) is 19.6. The van der Waals surface area contributed by atoms with Gasteiger partial charge in [0.05, 0.1) is 6.42 Å². The number of hydrogen-bond donors (Lipinski definition) is 2. The summed E-state index contributed by atoms with van der Waals surface area (Å²) in [5.74, 6) is -2.32. The first-order valence-electron chi connectivity index (χ1n) is 13.1. The first-order valence-corrected chi connectivity index (χ1v) is 13.1. The average Bonchev–Trinajstić information content (AvgIpc) is 3.59. The molecule has 1 aliphatic carbocycles. The maximum Gasteiger partial charge on any atom is 0.305 e. The number of fused-ring (bicyclic) bond motifs is 1. The van der Waals surface area contributed by atoms with Gasteiger partial charge >= 0.3 is 5.97 Å². The number of carboxylic acids is 1. The standard InChI is InChI=1S/C28H30FN3O7/c29-20-9-6-18(7-10-20)27(36)31-12-13-32(28(37)19-8-11-22-23(14-19)39-16-38-22)26(31)25(35)30-21(15-24(33)34)17-4-2-1-3-5-17/h6-11,14,17,21,26H,1-5,12-13,15-16H2,(H,30,35)(H,33,34). The van der Waals surface area contributed by atoms with Crippen LogP contribution in [-0.2, 0) is 9.59 Å². The molecule has 2 heterocycles. The molecule has 3 amide bonds. The smallest absolute Gasteiger partial charge is 0.305 e. The van der Waals surface area contributed by atoms with Crippen molar-refractivity contribution >= 4 is 23.7 Å². The summed E-state index contributed by atoms with van der Waals surface area (Å²) < 4.78 is 24.2. The van der Waals surface area contributed by atoms with E-state index in [0.717, 1.165) is 44.2 Å². The van der Waals surface area contributed by atoms with E-state index in [9.17, 15) is 28.7 Å². The minimum atomic E-state index is -1.32. The maximum absolute atomic E-state index is 13.8. The SMILES string of the molecule is O=C(O)CC(NC(=O)C1N(C(=O)c2ccc(F)cc2)CCN1C(=O)c1ccc2c(c1)OCO2)C1CCCCC1. The number of halogens is 1. The number of rotatable bonds is 7. The van der Waals surface area contributed by atoms with Crippen LogP contribution in [0.5, 0.6) is 11.5 Å². The number of ether oxygens (including phenoxy) is 2. The molecule has 2 N–H and O–H groups in total. The van der Waals surface area contributed by atoms with Crippen LogP contribution in [0.2, 0.25) is 0 Å². The highest BCUT2D eigenvalue weighted by Crippen LogP contribution is 2.34. The minimum Gasteiger partial charge on any atom is -0.481 e. The highest BCUT2D eigenvalue weighted by atomic mass is 19.1. The van der Waals surface area contributed by atoms with Gasteiger partial charge in [-0.25, -0.2) is 4.39 Å². The monoisotopic (exact) mass is 539 g/mol. The summed E-state index contributed by atoms with van der Waals surface area (Å²) in [6, 6.07) is 9.01. The fraction of sp³-hybridized carbons (Fsp3) is 0.429. The molecule has 2 atom stereocenters. The Morgan fingerprint density at radius 1 is 0.897 bits per heavy atom. The lowest BCUT2D eigenvalue weighted by molar-refractivity contribution is -0.138. The molecule has 3 aliphatic rings. The molecule has 39 heavy (non-hydrogen) atoms. The first-order chi connectivity index (χ1) is 18.8. The van der Waals surface area contributed by atoms with Crippen LogP contribution >= 0.6 is 0 Å². The fourth-order valence-corrected chi connectivity index (χ4v) is 5.61. The van der Waals surface area contributed by atoms with Crippen molar-refractivity contribution in [1.82, 2.24) is 15.1 Å². The van der Waals surface area contributed by atoms with Gasteiger partial charge in [0.2, 0.25) is 6.79 Å². The molecule has 0 spiro atoms. The van der Waals surface area contributed by atoms with Crippen LogP contribution < -0.4 is 14.8 Å². The maximum atomic E-state index is 13.8. The van der Waals surface area contributed by atoms with Gasteiger partial charge in [-0.2, -0.15) is 0 Å². The van der Waals surface area contributed by atoms with E-state index in [1.807, 2.05) is 0 Å². The quantitative estimate of drug-likeness (QED) is 0.554. The zero-order valence-corrected chi connectivity index (χ0v) is 21.3. The predicted octanol–water partition coefficient (Wildman–Crippen LogP) is 3.02. The lowest BCUT2D eigenvalue weighted by Crippen LogP contribution is -2.56. The molecule has 0 bridgehead atoms. The third-order valence-corrected chi connectivity index (χ3v) is 7.58. The lowest BCUT2D eigenvalue weighted by Gasteiger charge is -2.34. The van der Waals surface area contributed by atoms with Crippen LogP contribution in [0.3, 0.4) is 0 Å². The summed E-state index contributed by atoms with van der Waals surface area (Å²) in [5.41, 5.74) is 0.420. The van der Waals surface area contributed by atoms with Gasteiger partial charge in [-0.05, 0) is 61.2 Å². The van der Waals surface area contributed by atoms with Crippen LogP contribution in [0.25, 0.3) is 0 Å². The zero-order chi connectivity index (χ0) is 27.5. The molecule has 2 aromatic rings. The number of aliphatic carboxylic acids is 1. The largest absolute Gasteiger partial charge is 0.481 e. The van der Waals surface area contributed by atoms with Crippen LogP contribution in [0.15, 0.2) is 42.5 Å². The van der Waals surface area contributed by atoms with Crippen molar-refractivity contribution in [2.75, 3.05) is 19.9 Å². The second kappa shape index (κ2) is 11.3. The number of benzene rings is 2. The Kier molecular flexibility index (Phi) is 7.67. The molecule has 0 aromatic heterocycles. The summed E-state index contributed by atoms with van der Waals surface area (Å²) in [4.78, 5) is 55.1. The topological polar surface area (TPSA) is 125 Å². The van der Waals surface area contributed by atoms with Crippen molar-refractivity contribution in [2.45, 2.75) is 50.7 Å². The van der Waals surface area contributed by atoms with E-state index in [1.54, 1.807) is 12.1 Å². The van der Waals surface area contributed by atoms with Crippen LogP contribution in [-0.4, -0.2) is 70.7 Å². The van der Waals surface area contributed by atoms with Crippen molar-refractivity contribution in [3.8, 4) is 11.5 Å². The molecule has 0 radical (unpaired) electrons. The van der Waals surface area contributed by atoms with Crippen molar-refractivity contribution in [1.29, 1.82) is 0 Å². The van der Waals surface area contributed by atoms with E-state index in [1.165, 1.54) is 28.0 Å². The lowest BCUT2D eigenvalue weighted by atomic mass is 9.82. The summed E-state index contributed by atoms with van der Waals surface area (Å²) >= 11 is 0. The Balaban J connectivity index is 1.44. The van der Waals surface area contributed by atoms with Crippen molar-refractivity contribution < 1.29 is 38.1 Å². The molecule has 1 saturated carbocycles. The number of carbonyl (C=O) groups is 4. The van der Waals surface area contributed by atoms with Gasteiger partial charge < -0.3 is 29.7 Å². The summed E-state index contributed by atoms with van der Waals surface area (Å²) in [6.07, 6.45) is 2.96. The first kappa shape index (κ1) is 26.5. The molecular formula is C28H30FN3O7.